The number of esters is 2. The monoisotopic (exact) mass is 424 g/mol. The molecule has 0 aromatic heterocycles. The predicted molar refractivity (Wildman–Crippen MR) is 117 cm³/mol. The number of aryl methyl sites for hydroxylation is 1. The summed E-state index contributed by atoms with van der Waals surface area (Å²) in [5.41, 5.74) is 3.26. The van der Waals surface area contributed by atoms with Crippen molar-refractivity contribution in [3.63, 3.8) is 0 Å². The van der Waals surface area contributed by atoms with Crippen molar-refractivity contribution in [3.05, 3.63) is 64.7 Å². The van der Waals surface area contributed by atoms with Crippen LogP contribution >= 0.6 is 0 Å². The molecule has 2 aromatic carbocycles. The van der Waals surface area contributed by atoms with Gasteiger partial charge in [0.1, 0.15) is 0 Å². The predicted octanol–water partition coefficient (Wildman–Crippen LogP) is 3.42. The molecule has 31 heavy (non-hydrogen) atoms. The average molecular weight is 424 g/mol. The number of amides is 1. The number of likely N-dealkylation sites (tertiary alicyclic amines) is 1. The van der Waals surface area contributed by atoms with E-state index in [4.69, 9.17) is 9.47 Å². The molecule has 0 saturated carbocycles. The van der Waals surface area contributed by atoms with Crippen LogP contribution in [0.3, 0.4) is 0 Å². The fourth-order valence-corrected chi connectivity index (χ4v) is 3.80. The van der Waals surface area contributed by atoms with E-state index in [1.807, 2.05) is 12.1 Å². The third kappa shape index (κ3) is 5.49. The molecule has 1 N–H and O–H groups in total. The van der Waals surface area contributed by atoms with Crippen molar-refractivity contribution in [3.8, 4) is 0 Å². The topological polar surface area (TPSA) is 84.9 Å². The zero-order chi connectivity index (χ0) is 22.4. The molecule has 2 aromatic rings. The molecule has 0 spiro atoms. The average Bonchev–Trinajstić information content (AvgIpc) is 2.80. The molecule has 1 saturated heterocycles. The number of carbonyl (C=O) groups excluding carboxylic acids is 3. The van der Waals surface area contributed by atoms with E-state index in [2.05, 4.69) is 29.3 Å². The summed E-state index contributed by atoms with van der Waals surface area (Å²) < 4.78 is 9.53. The molecule has 0 atom stereocenters. The number of anilines is 1. The van der Waals surface area contributed by atoms with Gasteiger partial charge in [0.15, 0.2) is 0 Å². The zero-order valence-corrected chi connectivity index (χ0v) is 18.1. The summed E-state index contributed by atoms with van der Waals surface area (Å²) in [6.45, 7) is 4.61. The maximum Gasteiger partial charge on any atom is 0.339 e. The van der Waals surface area contributed by atoms with Gasteiger partial charge >= 0.3 is 11.9 Å². The lowest BCUT2D eigenvalue weighted by Gasteiger charge is -2.31. The molecule has 0 aliphatic carbocycles. The molecule has 0 bridgehead atoms. The van der Waals surface area contributed by atoms with Crippen LogP contribution in [-0.2, 0) is 20.8 Å². The van der Waals surface area contributed by atoms with E-state index in [0.717, 1.165) is 32.5 Å². The molecule has 0 unspecified atom stereocenters. The maximum atomic E-state index is 12.9. The van der Waals surface area contributed by atoms with Gasteiger partial charge in [-0.25, -0.2) is 9.59 Å². The Labute approximate surface area is 182 Å². The molecule has 3 rings (SSSR count). The number of ether oxygens (including phenoxy) is 2. The SMILES string of the molecule is COC(=O)c1ccc(C(=O)OC)c(NC(=O)C2CCN(Cc3ccccc3C)CC2)c1. The minimum absolute atomic E-state index is 0.164. The Morgan fingerprint density at radius 1 is 1.00 bits per heavy atom. The van der Waals surface area contributed by atoms with E-state index < -0.39 is 11.9 Å². The van der Waals surface area contributed by atoms with Gasteiger partial charge in [-0.1, -0.05) is 24.3 Å². The number of piperidine rings is 1. The van der Waals surface area contributed by atoms with E-state index in [1.54, 1.807) is 0 Å². The van der Waals surface area contributed by atoms with Crippen molar-refractivity contribution in [1.29, 1.82) is 0 Å². The number of methoxy groups -OCH3 is 2. The van der Waals surface area contributed by atoms with Crippen molar-refractivity contribution in [2.24, 2.45) is 5.92 Å². The van der Waals surface area contributed by atoms with Crippen molar-refractivity contribution in [1.82, 2.24) is 4.90 Å². The molecule has 0 radical (unpaired) electrons. The van der Waals surface area contributed by atoms with Crippen molar-refractivity contribution < 1.29 is 23.9 Å². The van der Waals surface area contributed by atoms with Crippen LogP contribution < -0.4 is 5.32 Å². The van der Waals surface area contributed by atoms with Crippen LogP contribution in [0, 0.1) is 12.8 Å². The number of benzene rings is 2. The molecular weight excluding hydrogens is 396 g/mol. The minimum atomic E-state index is -0.584. The Balaban J connectivity index is 1.66. The first-order valence-electron chi connectivity index (χ1n) is 10.3. The van der Waals surface area contributed by atoms with Gasteiger partial charge in [-0.15, -0.1) is 0 Å². The van der Waals surface area contributed by atoms with Crippen molar-refractivity contribution >= 4 is 23.5 Å². The first-order chi connectivity index (χ1) is 14.9. The fraction of sp³-hybridized carbons (Fsp3) is 0.375. The maximum absolute atomic E-state index is 12.9. The molecule has 1 aliphatic rings. The summed E-state index contributed by atoms with van der Waals surface area (Å²) in [6, 6.07) is 12.7. The first-order valence-corrected chi connectivity index (χ1v) is 10.3. The van der Waals surface area contributed by atoms with Crippen molar-refractivity contribution in [2.75, 3.05) is 32.6 Å². The summed E-state index contributed by atoms with van der Waals surface area (Å²) in [5, 5.41) is 2.82. The Bertz CT molecular complexity index is 964. The number of hydrogen-bond acceptors (Lipinski definition) is 6. The van der Waals surface area contributed by atoms with Crippen LogP contribution in [0.1, 0.15) is 44.7 Å². The Hall–Kier alpha value is -3.19. The van der Waals surface area contributed by atoms with Gasteiger partial charge in [-0.2, -0.15) is 0 Å². The van der Waals surface area contributed by atoms with E-state index in [9.17, 15) is 14.4 Å². The summed E-state index contributed by atoms with van der Waals surface area (Å²) in [6.07, 6.45) is 1.45. The third-order valence-electron chi connectivity index (χ3n) is 5.72. The highest BCUT2D eigenvalue weighted by atomic mass is 16.5. The molecule has 7 nitrogen and oxygen atoms in total. The second-order valence-electron chi connectivity index (χ2n) is 7.71. The minimum Gasteiger partial charge on any atom is -0.465 e. The largest absolute Gasteiger partial charge is 0.465 e. The summed E-state index contributed by atoms with van der Waals surface area (Å²) in [4.78, 5) is 39.2. The second kappa shape index (κ2) is 10.2. The van der Waals surface area contributed by atoms with E-state index in [0.29, 0.717) is 0 Å². The Kier molecular flexibility index (Phi) is 7.41. The normalized spacial score (nSPS) is 14.7. The zero-order valence-electron chi connectivity index (χ0n) is 18.1. The fourth-order valence-electron chi connectivity index (χ4n) is 3.80. The number of rotatable bonds is 6. The lowest BCUT2D eigenvalue weighted by atomic mass is 9.95. The van der Waals surface area contributed by atoms with Gasteiger partial charge in [-0.3, -0.25) is 9.69 Å². The highest BCUT2D eigenvalue weighted by molar-refractivity contribution is 6.04. The van der Waals surface area contributed by atoms with E-state index >= 15 is 0 Å². The number of carbonyl (C=O) groups is 3. The smallest absolute Gasteiger partial charge is 0.339 e. The summed E-state index contributed by atoms with van der Waals surface area (Å²) >= 11 is 0. The lowest BCUT2D eigenvalue weighted by Crippen LogP contribution is -2.38. The molecule has 7 heteroatoms. The summed E-state index contributed by atoms with van der Waals surface area (Å²) in [7, 11) is 2.55. The Morgan fingerprint density at radius 2 is 1.68 bits per heavy atom. The van der Waals surface area contributed by atoms with Gasteiger partial charge < -0.3 is 14.8 Å². The van der Waals surface area contributed by atoms with Crippen LogP contribution in [0.25, 0.3) is 0 Å². The highest BCUT2D eigenvalue weighted by Crippen LogP contribution is 2.24. The molecule has 164 valence electrons. The second-order valence-corrected chi connectivity index (χ2v) is 7.71. The quantitative estimate of drug-likeness (QED) is 0.716. The lowest BCUT2D eigenvalue weighted by molar-refractivity contribution is -0.121. The van der Waals surface area contributed by atoms with Crippen LogP contribution in [0.15, 0.2) is 42.5 Å². The van der Waals surface area contributed by atoms with Gasteiger partial charge in [0.05, 0.1) is 31.0 Å². The third-order valence-corrected chi connectivity index (χ3v) is 5.72. The summed E-state index contributed by atoms with van der Waals surface area (Å²) in [5.74, 6) is -1.46. The number of hydrogen-bond donors (Lipinski definition) is 1. The molecule has 1 heterocycles. The van der Waals surface area contributed by atoms with Gasteiger partial charge in [0, 0.05) is 12.5 Å². The Morgan fingerprint density at radius 3 is 2.32 bits per heavy atom. The van der Waals surface area contributed by atoms with Gasteiger partial charge in [-0.05, 0) is 62.2 Å². The van der Waals surface area contributed by atoms with E-state index in [1.165, 1.54) is 43.5 Å². The first kappa shape index (κ1) is 22.5. The molecule has 1 aliphatic heterocycles. The van der Waals surface area contributed by atoms with Crippen LogP contribution in [0.4, 0.5) is 5.69 Å². The van der Waals surface area contributed by atoms with Crippen LogP contribution in [0.5, 0.6) is 0 Å². The van der Waals surface area contributed by atoms with E-state index in [-0.39, 0.29) is 28.6 Å². The van der Waals surface area contributed by atoms with Gasteiger partial charge in [0.25, 0.3) is 0 Å². The van der Waals surface area contributed by atoms with Gasteiger partial charge in [0.2, 0.25) is 5.91 Å². The van der Waals surface area contributed by atoms with Crippen LogP contribution in [-0.4, -0.2) is 50.1 Å². The molecular formula is C24H28N2O5. The molecule has 1 amide bonds. The highest BCUT2D eigenvalue weighted by Gasteiger charge is 2.27. The number of nitrogens with one attached hydrogen (secondary N) is 1. The number of nitrogens with zero attached hydrogens (tertiary/aromatic N) is 1. The van der Waals surface area contributed by atoms with Crippen LogP contribution in [0.2, 0.25) is 0 Å². The standard InChI is InChI=1S/C24H28N2O5/c1-16-6-4-5-7-19(16)15-26-12-10-17(11-13-26)22(27)25-21-14-18(23(28)30-2)8-9-20(21)24(29)31-3/h4-9,14,17H,10-13,15H2,1-3H3,(H,25,27). The molecule has 1 fully saturated rings. The van der Waals surface area contributed by atoms with Crippen molar-refractivity contribution in [2.45, 2.75) is 26.3 Å².